The molecule has 0 radical (unpaired) electrons. The van der Waals surface area contributed by atoms with Gasteiger partial charge in [0.1, 0.15) is 5.82 Å². The Labute approximate surface area is 104 Å². The molecule has 7 heteroatoms. The Kier molecular flexibility index (Phi) is 2.13. The van der Waals surface area contributed by atoms with E-state index in [-0.39, 0.29) is 12.0 Å². The number of imide groups is 1. The molecule has 0 unspecified atom stereocenters. The summed E-state index contributed by atoms with van der Waals surface area (Å²) in [5.41, 5.74) is -2.55. The lowest BCUT2D eigenvalue weighted by atomic mass is 9.92. The highest BCUT2D eigenvalue weighted by Gasteiger charge is 2.69. The standard InChI is InChI=1S/C12H7F4NO2/c13-7-2-5(1-6(3-7)12(14,15)16)11-4-8(11)9(18)17-10(11)19/h1-3,8H,4H2,(H,17,18,19)/t8-,11-/m1/s1. The predicted molar refractivity (Wildman–Crippen MR) is 54.3 cm³/mol. The average Bonchev–Trinajstić information content (AvgIpc) is 2.98. The fourth-order valence-corrected chi connectivity index (χ4v) is 2.60. The van der Waals surface area contributed by atoms with Crippen LogP contribution in [0, 0.1) is 11.7 Å². The number of carbonyl (C=O) groups excluding carboxylic acids is 2. The summed E-state index contributed by atoms with van der Waals surface area (Å²) in [5.74, 6) is -2.91. The third-order valence-electron chi connectivity index (χ3n) is 3.66. The van der Waals surface area contributed by atoms with Crippen LogP contribution in [0.3, 0.4) is 0 Å². The summed E-state index contributed by atoms with van der Waals surface area (Å²) in [4.78, 5) is 23.0. The van der Waals surface area contributed by atoms with Crippen LogP contribution in [0.5, 0.6) is 0 Å². The third kappa shape index (κ3) is 1.57. The van der Waals surface area contributed by atoms with Crippen molar-refractivity contribution >= 4 is 11.8 Å². The zero-order valence-corrected chi connectivity index (χ0v) is 9.34. The van der Waals surface area contributed by atoms with Gasteiger partial charge in [0.25, 0.3) is 0 Å². The molecule has 19 heavy (non-hydrogen) atoms. The van der Waals surface area contributed by atoms with Gasteiger partial charge in [0, 0.05) is 0 Å². The van der Waals surface area contributed by atoms with Crippen LogP contribution in [0.25, 0.3) is 0 Å². The molecule has 2 atom stereocenters. The lowest BCUT2D eigenvalue weighted by Gasteiger charge is -2.14. The van der Waals surface area contributed by atoms with E-state index in [1.165, 1.54) is 0 Å². The minimum Gasteiger partial charge on any atom is -0.295 e. The van der Waals surface area contributed by atoms with Gasteiger partial charge in [0.2, 0.25) is 11.8 Å². The molecular formula is C12H7F4NO2. The van der Waals surface area contributed by atoms with E-state index in [9.17, 15) is 27.2 Å². The number of alkyl halides is 3. The average molecular weight is 273 g/mol. The Bertz CT molecular complexity index is 610. The number of halogens is 4. The first-order valence-electron chi connectivity index (χ1n) is 5.49. The molecule has 0 aromatic heterocycles. The highest BCUT2D eigenvalue weighted by atomic mass is 19.4. The van der Waals surface area contributed by atoms with Crippen molar-refractivity contribution in [2.24, 2.45) is 5.92 Å². The Hall–Kier alpha value is -1.92. The van der Waals surface area contributed by atoms with Crippen molar-refractivity contribution in [3.8, 4) is 0 Å². The zero-order chi connectivity index (χ0) is 14.0. The van der Waals surface area contributed by atoms with Crippen molar-refractivity contribution in [1.82, 2.24) is 5.32 Å². The van der Waals surface area contributed by atoms with Crippen LogP contribution in [0.15, 0.2) is 18.2 Å². The molecule has 100 valence electrons. The largest absolute Gasteiger partial charge is 0.416 e. The molecule has 2 aliphatic rings. The summed E-state index contributed by atoms with van der Waals surface area (Å²) in [6.07, 6.45) is -4.56. The number of rotatable bonds is 1. The monoisotopic (exact) mass is 273 g/mol. The van der Waals surface area contributed by atoms with Gasteiger partial charge in [-0.15, -0.1) is 0 Å². The molecule has 1 saturated heterocycles. The van der Waals surface area contributed by atoms with Crippen LogP contribution in [0.2, 0.25) is 0 Å². The minimum atomic E-state index is -4.70. The fourth-order valence-electron chi connectivity index (χ4n) is 2.60. The number of benzene rings is 1. The Morgan fingerprint density at radius 1 is 1.21 bits per heavy atom. The number of hydrogen-bond acceptors (Lipinski definition) is 2. The first-order chi connectivity index (χ1) is 8.75. The normalized spacial score (nSPS) is 29.2. The molecular weight excluding hydrogens is 266 g/mol. The Balaban J connectivity index is 2.11. The molecule has 1 heterocycles. The topological polar surface area (TPSA) is 46.2 Å². The van der Waals surface area contributed by atoms with Crippen molar-refractivity contribution in [2.45, 2.75) is 18.0 Å². The van der Waals surface area contributed by atoms with Gasteiger partial charge in [-0.05, 0) is 30.2 Å². The van der Waals surface area contributed by atoms with Crippen LogP contribution in [0.1, 0.15) is 17.5 Å². The first-order valence-corrected chi connectivity index (χ1v) is 5.49. The van der Waals surface area contributed by atoms with E-state index in [4.69, 9.17) is 0 Å². The van der Waals surface area contributed by atoms with Gasteiger partial charge in [-0.1, -0.05) is 0 Å². The summed E-state index contributed by atoms with van der Waals surface area (Å²) >= 11 is 0. The molecule has 0 bridgehead atoms. The van der Waals surface area contributed by atoms with Gasteiger partial charge in [-0.3, -0.25) is 14.9 Å². The van der Waals surface area contributed by atoms with Crippen molar-refractivity contribution in [3.05, 3.63) is 35.1 Å². The number of fused-ring (bicyclic) bond motifs is 1. The molecule has 1 N–H and O–H groups in total. The number of amides is 2. The number of piperidine rings is 1. The summed E-state index contributed by atoms with van der Waals surface area (Å²) in [6.45, 7) is 0. The minimum absolute atomic E-state index is 0.0897. The quantitative estimate of drug-likeness (QED) is 0.626. The SMILES string of the molecule is O=C1NC(=O)[C@@]2(c3cc(F)cc(C(F)(F)F)c3)C[C@H]12. The molecule has 1 aromatic carbocycles. The maximum absolute atomic E-state index is 13.3. The van der Waals surface area contributed by atoms with E-state index < -0.39 is 40.7 Å². The Morgan fingerprint density at radius 3 is 2.37 bits per heavy atom. The molecule has 2 fully saturated rings. The van der Waals surface area contributed by atoms with E-state index >= 15 is 0 Å². The van der Waals surface area contributed by atoms with Gasteiger partial charge >= 0.3 is 6.18 Å². The van der Waals surface area contributed by atoms with Gasteiger partial charge in [0.15, 0.2) is 0 Å². The molecule has 1 aliphatic carbocycles. The highest BCUT2D eigenvalue weighted by Crippen LogP contribution is 2.58. The molecule has 1 saturated carbocycles. The zero-order valence-electron chi connectivity index (χ0n) is 9.34. The number of nitrogens with one attached hydrogen (secondary N) is 1. The molecule has 3 rings (SSSR count). The maximum atomic E-state index is 13.3. The van der Waals surface area contributed by atoms with E-state index in [0.29, 0.717) is 6.07 Å². The number of hydrogen-bond donors (Lipinski definition) is 1. The molecule has 3 nitrogen and oxygen atoms in total. The molecule has 2 amide bonds. The fraction of sp³-hybridized carbons (Fsp3) is 0.333. The summed E-state index contributed by atoms with van der Waals surface area (Å²) in [6, 6.07) is 1.99. The Morgan fingerprint density at radius 2 is 1.89 bits per heavy atom. The van der Waals surface area contributed by atoms with Crippen LogP contribution in [-0.4, -0.2) is 11.8 Å². The van der Waals surface area contributed by atoms with Gasteiger partial charge < -0.3 is 0 Å². The van der Waals surface area contributed by atoms with Crippen LogP contribution < -0.4 is 5.32 Å². The first kappa shape index (κ1) is 12.1. The summed E-state index contributed by atoms with van der Waals surface area (Å²) < 4.78 is 51.1. The van der Waals surface area contributed by atoms with Gasteiger partial charge in [0.05, 0.1) is 16.9 Å². The number of carbonyl (C=O) groups is 2. The van der Waals surface area contributed by atoms with Gasteiger partial charge in [-0.2, -0.15) is 13.2 Å². The smallest absolute Gasteiger partial charge is 0.295 e. The summed E-state index contributed by atoms with van der Waals surface area (Å²) in [7, 11) is 0. The van der Waals surface area contributed by atoms with Crippen molar-refractivity contribution < 1.29 is 27.2 Å². The van der Waals surface area contributed by atoms with E-state index in [1.54, 1.807) is 0 Å². The summed E-state index contributed by atoms with van der Waals surface area (Å²) in [5, 5.41) is 2.05. The highest BCUT2D eigenvalue weighted by molar-refractivity contribution is 6.15. The van der Waals surface area contributed by atoms with Crippen molar-refractivity contribution in [3.63, 3.8) is 0 Å². The second-order valence-corrected chi connectivity index (χ2v) is 4.77. The maximum Gasteiger partial charge on any atom is 0.416 e. The second kappa shape index (κ2) is 3.34. The lowest BCUT2D eigenvalue weighted by Crippen LogP contribution is -2.30. The lowest BCUT2D eigenvalue weighted by molar-refractivity contribution is -0.138. The molecule has 1 aromatic rings. The molecule has 1 aliphatic heterocycles. The van der Waals surface area contributed by atoms with Crippen molar-refractivity contribution in [2.75, 3.05) is 0 Å². The van der Waals surface area contributed by atoms with Crippen molar-refractivity contribution in [1.29, 1.82) is 0 Å². The van der Waals surface area contributed by atoms with Crippen LogP contribution in [-0.2, 0) is 21.2 Å². The second-order valence-electron chi connectivity index (χ2n) is 4.77. The van der Waals surface area contributed by atoms with E-state index in [1.807, 2.05) is 0 Å². The van der Waals surface area contributed by atoms with Crippen LogP contribution >= 0.6 is 0 Å². The van der Waals surface area contributed by atoms with Gasteiger partial charge in [-0.25, -0.2) is 4.39 Å². The third-order valence-corrected chi connectivity index (χ3v) is 3.66. The predicted octanol–water partition coefficient (Wildman–Crippen LogP) is 1.76. The van der Waals surface area contributed by atoms with Crippen LogP contribution in [0.4, 0.5) is 17.6 Å². The van der Waals surface area contributed by atoms with E-state index in [0.717, 1.165) is 12.1 Å². The van der Waals surface area contributed by atoms with E-state index in [2.05, 4.69) is 5.32 Å². The molecule has 0 spiro atoms.